The Kier molecular flexibility index (Phi) is 5.55. The monoisotopic (exact) mass is 300 g/mol. The van der Waals surface area contributed by atoms with Crippen molar-refractivity contribution < 1.29 is 19.0 Å². The van der Waals surface area contributed by atoms with Crippen LogP contribution in [0.5, 0.6) is 5.75 Å². The molecule has 0 N–H and O–H groups in total. The molecule has 116 valence electrons. The van der Waals surface area contributed by atoms with E-state index in [1.807, 2.05) is 55.5 Å². The molecule has 2 aromatic carbocycles. The zero-order chi connectivity index (χ0) is 15.9. The Hall–Kier alpha value is -2.33. The summed E-state index contributed by atoms with van der Waals surface area (Å²) in [6.45, 7) is 2.38. The van der Waals surface area contributed by atoms with Crippen molar-refractivity contribution in [2.24, 2.45) is 0 Å². The lowest BCUT2D eigenvalue weighted by Gasteiger charge is -2.17. The molecule has 0 heterocycles. The second-order valence-corrected chi connectivity index (χ2v) is 4.94. The number of carbonyl (C=O) groups is 1. The zero-order valence-corrected chi connectivity index (χ0v) is 13.0. The van der Waals surface area contributed by atoms with Crippen LogP contribution in [-0.4, -0.2) is 20.2 Å². The Morgan fingerprint density at radius 2 is 1.73 bits per heavy atom. The smallest absolute Gasteiger partial charge is 0.339 e. The quantitative estimate of drug-likeness (QED) is 0.767. The highest BCUT2D eigenvalue weighted by Crippen LogP contribution is 2.24. The summed E-state index contributed by atoms with van der Waals surface area (Å²) in [5.74, 6) is 0.359. The van der Waals surface area contributed by atoms with Crippen LogP contribution < -0.4 is 4.74 Å². The van der Waals surface area contributed by atoms with Crippen molar-refractivity contribution in [3.8, 4) is 5.75 Å². The van der Waals surface area contributed by atoms with E-state index in [4.69, 9.17) is 14.2 Å². The lowest BCUT2D eigenvalue weighted by molar-refractivity contribution is -0.152. The second-order valence-electron chi connectivity index (χ2n) is 4.94. The summed E-state index contributed by atoms with van der Waals surface area (Å²) in [5.41, 5.74) is 2.82. The van der Waals surface area contributed by atoms with Gasteiger partial charge in [0.05, 0.1) is 7.11 Å². The fourth-order valence-electron chi connectivity index (χ4n) is 2.17. The summed E-state index contributed by atoms with van der Waals surface area (Å²) in [4.78, 5) is 11.8. The van der Waals surface area contributed by atoms with Crippen LogP contribution in [0.3, 0.4) is 0 Å². The maximum absolute atomic E-state index is 11.8. The van der Waals surface area contributed by atoms with Gasteiger partial charge < -0.3 is 14.2 Å². The van der Waals surface area contributed by atoms with Gasteiger partial charge in [0.15, 0.2) is 6.10 Å². The molecule has 0 amide bonds. The summed E-state index contributed by atoms with van der Waals surface area (Å²) >= 11 is 0. The summed E-state index contributed by atoms with van der Waals surface area (Å²) in [7, 11) is 2.83. The van der Waals surface area contributed by atoms with Crippen molar-refractivity contribution >= 4 is 5.97 Å². The maximum Gasteiger partial charge on any atom is 0.339 e. The third kappa shape index (κ3) is 3.86. The van der Waals surface area contributed by atoms with Crippen LogP contribution in [0.25, 0.3) is 0 Å². The normalized spacial score (nSPS) is 11.8. The van der Waals surface area contributed by atoms with E-state index >= 15 is 0 Å². The van der Waals surface area contributed by atoms with Gasteiger partial charge in [0, 0.05) is 7.11 Å². The molecule has 0 saturated carbocycles. The fourth-order valence-corrected chi connectivity index (χ4v) is 2.17. The molecule has 0 aromatic heterocycles. The first kappa shape index (κ1) is 16.0. The van der Waals surface area contributed by atoms with Gasteiger partial charge in [-0.3, -0.25) is 0 Å². The molecule has 1 unspecified atom stereocenters. The molecule has 0 spiro atoms. The van der Waals surface area contributed by atoms with Gasteiger partial charge in [-0.05, 0) is 30.2 Å². The van der Waals surface area contributed by atoms with E-state index in [-0.39, 0.29) is 0 Å². The van der Waals surface area contributed by atoms with Crippen molar-refractivity contribution in [2.75, 3.05) is 14.2 Å². The van der Waals surface area contributed by atoms with Crippen molar-refractivity contribution in [1.82, 2.24) is 0 Å². The van der Waals surface area contributed by atoms with Gasteiger partial charge in [-0.15, -0.1) is 0 Å². The third-order valence-electron chi connectivity index (χ3n) is 3.40. The molecule has 0 radical (unpaired) electrons. The lowest BCUT2D eigenvalue weighted by atomic mass is 10.0. The van der Waals surface area contributed by atoms with E-state index in [0.717, 1.165) is 16.9 Å². The van der Waals surface area contributed by atoms with Crippen molar-refractivity contribution in [3.63, 3.8) is 0 Å². The molecule has 0 fully saturated rings. The molecule has 0 aliphatic rings. The number of aryl methyl sites for hydroxylation is 1. The Labute approximate surface area is 130 Å². The molecule has 1 atom stereocenters. The molecule has 4 nitrogen and oxygen atoms in total. The standard InChI is InChI=1S/C18H20O4/c1-13-8-10-15(11-9-13)22-12-14-6-4-5-7-16(14)17(20-2)18(19)21-3/h4-11,17H,12H2,1-3H3. The molecule has 22 heavy (non-hydrogen) atoms. The average Bonchev–Trinajstić information content (AvgIpc) is 2.56. The molecule has 4 heteroatoms. The van der Waals surface area contributed by atoms with Crippen LogP contribution in [-0.2, 0) is 20.9 Å². The summed E-state index contributed by atoms with van der Waals surface area (Å²) in [6.07, 6.45) is -0.747. The minimum Gasteiger partial charge on any atom is -0.489 e. The van der Waals surface area contributed by atoms with Crippen LogP contribution in [0.15, 0.2) is 48.5 Å². The predicted molar refractivity (Wildman–Crippen MR) is 83.7 cm³/mol. The minimum atomic E-state index is -0.747. The van der Waals surface area contributed by atoms with E-state index in [1.165, 1.54) is 19.8 Å². The minimum absolute atomic E-state index is 0.357. The Morgan fingerprint density at radius 1 is 1.05 bits per heavy atom. The largest absolute Gasteiger partial charge is 0.489 e. The van der Waals surface area contributed by atoms with Gasteiger partial charge in [-0.1, -0.05) is 42.0 Å². The molecule has 0 aliphatic heterocycles. The molecular formula is C18H20O4. The summed E-state index contributed by atoms with van der Waals surface area (Å²) < 4.78 is 15.8. The number of methoxy groups -OCH3 is 2. The SMILES string of the molecule is COC(=O)C(OC)c1ccccc1COc1ccc(C)cc1. The van der Waals surface area contributed by atoms with Crippen LogP contribution in [0.1, 0.15) is 22.8 Å². The van der Waals surface area contributed by atoms with E-state index in [1.54, 1.807) is 0 Å². The van der Waals surface area contributed by atoms with E-state index in [0.29, 0.717) is 6.61 Å². The fraction of sp³-hybridized carbons (Fsp3) is 0.278. The van der Waals surface area contributed by atoms with Gasteiger partial charge in [0.1, 0.15) is 12.4 Å². The molecular weight excluding hydrogens is 280 g/mol. The van der Waals surface area contributed by atoms with Gasteiger partial charge in [-0.25, -0.2) is 4.79 Å². The number of rotatable bonds is 6. The van der Waals surface area contributed by atoms with Crippen molar-refractivity contribution in [1.29, 1.82) is 0 Å². The molecule has 2 rings (SSSR count). The lowest BCUT2D eigenvalue weighted by Crippen LogP contribution is -2.18. The highest BCUT2D eigenvalue weighted by Gasteiger charge is 2.23. The second kappa shape index (κ2) is 7.61. The first-order valence-corrected chi connectivity index (χ1v) is 7.03. The maximum atomic E-state index is 11.8. The average molecular weight is 300 g/mol. The van der Waals surface area contributed by atoms with Crippen LogP contribution in [0.4, 0.5) is 0 Å². The van der Waals surface area contributed by atoms with E-state index in [2.05, 4.69) is 0 Å². The van der Waals surface area contributed by atoms with Crippen molar-refractivity contribution in [2.45, 2.75) is 19.6 Å². The Bertz CT molecular complexity index is 619. The number of ether oxygens (including phenoxy) is 3. The first-order valence-electron chi connectivity index (χ1n) is 7.03. The molecule has 0 bridgehead atoms. The number of benzene rings is 2. The molecule has 0 saturated heterocycles. The predicted octanol–water partition coefficient (Wildman–Crippen LogP) is 3.43. The number of esters is 1. The number of hydrogen-bond donors (Lipinski definition) is 0. The van der Waals surface area contributed by atoms with Crippen LogP contribution >= 0.6 is 0 Å². The topological polar surface area (TPSA) is 44.8 Å². The highest BCUT2D eigenvalue weighted by molar-refractivity contribution is 5.76. The van der Waals surface area contributed by atoms with Crippen LogP contribution in [0, 0.1) is 6.92 Å². The highest BCUT2D eigenvalue weighted by atomic mass is 16.6. The molecule has 0 aliphatic carbocycles. The van der Waals surface area contributed by atoms with Crippen LogP contribution in [0.2, 0.25) is 0 Å². The van der Waals surface area contributed by atoms with Gasteiger partial charge in [0.2, 0.25) is 0 Å². The summed E-state index contributed by atoms with van der Waals surface area (Å²) in [6, 6.07) is 15.4. The van der Waals surface area contributed by atoms with Crippen molar-refractivity contribution in [3.05, 3.63) is 65.2 Å². The van der Waals surface area contributed by atoms with E-state index < -0.39 is 12.1 Å². The number of hydrogen-bond acceptors (Lipinski definition) is 4. The Morgan fingerprint density at radius 3 is 2.36 bits per heavy atom. The zero-order valence-electron chi connectivity index (χ0n) is 13.0. The first-order chi connectivity index (χ1) is 10.7. The molecule has 2 aromatic rings. The van der Waals surface area contributed by atoms with E-state index in [9.17, 15) is 4.79 Å². The van der Waals surface area contributed by atoms with Gasteiger partial charge in [0.25, 0.3) is 0 Å². The third-order valence-corrected chi connectivity index (χ3v) is 3.40. The van der Waals surface area contributed by atoms with Gasteiger partial charge in [-0.2, -0.15) is 0 Å². The Balaban J connectivity index is 2.17. The van der Waals surface area contributed by atoms with Gasteiger partial charge >= 0.3 is 5.97 Å². The number of carbonyl (C=O) groups excluding carboxylic acids is 1. The summed E-state index contributed by atoms with van der Waals surface area (Å²) in [5, 5.41) is 0.